The molecule has 0 N–H and O–H groups in total. The van der Waals surface area contributed by atoms with E-state index in [1.54, 1.807) is 41.1 Å². The van der Waals surface area contributed by atoms with Gasteiger partial charge in [0.15, 0.2) is 9.71 Å². The lowest BCUT2D eigenvalue weighted by atomic mass is 10.3. The van der Waals surface area contributed by atoms with Crippen molar-refractivity contribution >= 4 is 45.1 Å². The quantitative estimate of drug-likeness (QED) is 0.627. The molecule has 0 spiro atoms. The Morgan fingerprint density at radius 1 is 1.16 bits per heavy atom. The van der Waals surface area contributed by atoms with E-state index in [0.717, 1.165) is 19.4 Å². The van der Waals surface area contributed by atoms with Crippen LogP contribution >= 0.6 is 34.9 Å². The van der Waals surface area contributed by atoms with Crippen molar-refractivity contribution in [1.82, 2.24) is 20.4 Å². The molecule has 0 saturated carbocycles. The molecule has 1 aliphatic heterocycles. The Labute approximate surface area is 158 Å². The number of hydrogen-bond acceptors (Lipinski definition) is 7. The van der Waals surface area contributed by atoms with Crippen LogP contribution in [-0.4, -0.2) is 44.3 Å². The van der Waals surface area contributed by atoms with Crippen LogP contribution in [0.25, 0.3) is 10.2 Å². The largest absolute Gasteiger partial charge is 0.287 e. The highest BCUT2D eigenvalue weighted by atomic mass is 32.2. The molecule has 0 fully saturated rings. The van der Waals surface area contributed by atoms with Crippen molar-refractivity contribution < 1.29 is 4.48 Å². The minimum Gasteiger partial charge on any atom is -0.287 e. The number of thiazole rings is 1. The molecular formula is C17H16N5S3+. The molecule has 25 heavy (non-hydrogen) atoms. The number of quaternary nitrogens is 1. The zero-order valence-corrected chi connectivity index (χ0v) is 16.2. The van der Waals surface area contributed by atoms with Crippen molar-refractivity contribution in [2.75, 3.05) is 14.1 Å². The summed E-state index contributed by atoms with van der Waals surface area (Å²) in [6.07, 6.45) is 8.13. The fraction of sp³-hybridized carbons (Fsp3) is 0.176. The van der Waals surface area contributed by atoms with E-state index in [-0.39, 0.29) is 5.37 Å². The maximum absolute atomic E-state index is 4.79. The molecule has 0 radical (unpaired) electrons. The van der Waals surface area contributed by atoms with E-state index >= 15 is 0 Å². The van der Waals surface area contributed by atoms with E-state index in [4.69, 9.17) is 4.98 Å². The van der Waals surface area contributed by atoms with Crippen molar-refractivity contribution in [3.63, 3.8) is 0 Å². The van der Waals surface area contributed by atoms with Gasteiger partial charge >= 0.3 is 0 Å². The molecule has 5 nitrogen and oxygen atoms in total. The average molecular weight is 387 g/mol. The number of rotatable bonds is 4. The number of nitrogens with zero attached hydrogens (tertiary/aromatic N) is 5. The molecule has 1 aliphatic rings. The van der Waals surface area contributed by atoms with Gasteiger partial charge in [0, 0.05) is 0 Å². The first-order valence-electron chi connectivity index (χ1n) is 7.69. The minimum absolute atomic E-state index is 0.213. The summed E-state index contributed by atoms with van der Waals surface area (Å²) < 4.78 is 3.05. The van der Waals surface area contributed by atoms with Crippen LogP contribution in [0.5, 0.6) is 0 Å². The summed E-state index contributed by atoms with van der Waals surface area (Å²) in [5, 5.41) is 12.7. The first-order valence-corrected chi connectivity index (χ1v) is 10.2. The predicted molar refractivity (Wildman–Crippen MR) is 104 cm³/mol. The van der Waals surface area contributed by atoms with E-state index in [9.17, 15) is 0 Å². The smallest absolute Gasteiger partial charge is 0.178 e. The fourth-order valence-corrected chi connectivity index (χ4v) is 6.10. The van der Waals surface area contributed by atoms with Crippen LogP contribution in [0.1, 0.15) is 0 Å². The summed E-state index contributed by atoms with van der Waals surface area (Å²) in [7, 11) is 4.40. The zero-order valence-electron chi connectivity index (χ0n) is 13.7. The van der Waals surface area contributed by atoms with Crippen LogP contribution in [0.2, 0.25) is 0 Å². The predicted octanol–water partition coefficient (Wildman–Crippen LogP) is 4.18. The van der Waals surface area contributed by atoms with Crippen molar-refractivity contribution in [2.24, 2.45) is 0 Å². The van der Waals surface area contributed by atoms with Gasteiger partial charge in [-0.25, -0.2) is 4.98 Å². The number of allylic oxidation sites excluding steroid dienone is 2. The Hall–Kier alpha value is -1.74. The molecule has 126 valence electrons. The molecule has 1 atom stereocenters. The number of benzene rings is 1. The van der Waals surface area contributed by atoms with Crippen LogP contribution < -0.4 is 0 Å². The van der Waals surface area contributed by atoms with Gasteiger partial charge in [0.2, 0.25) is 0 Å². The van der Waals surface area contributed by atoms with Gasteiger partial charge in [0.1, 0.15) is 5.03 Å². The zero-order chi connectivity index (χ0) is 17.3. The third-order valence-electron chi connectivity index (χ3n) is 3.77. The second kappa shape index (κ2) is 6.87. The molecule has 3 heterocycles. The molecule has 1 aromatic carbocycles. The lowest BCUT2D eigenvalue weighted by molar-refractivity contribution is -0.844. The SMILES string of the molecule is C[N+]1(C)C=CC=C(Sc2ccnnn2)C1Sc1nc2ccccc2s1. The van der Waals surface area contributed by atoms with Gasteiger partial charge in [-0.1, -0.05) is 23.9 Å². The fourth-order valence-electron chi connectivity index (χ4n) is 2.53. The lowest BCUT2D eigenvalue weighted by Crippen LogP contribution is -2.43. The summed E-state index contributed by atoms with van der Waals surface area (Å²) in [6.45, 7) is 0. The molecule has 0 saturated heterocycles. The van der Waals surface area contributed by atoms with Gasteiger partial charge in [0.05, 0.1) is 41.6 Å². The monoisotopic (exact) mass is 386 g/mol. The average Bonchev–Trinajstić information content (AvgIpc) is 3.01. The Balaban J connectivity index is 1.63. The van der Waals surface area contributed by atoms with E-state index in [1.807, 2.05) is 12.1 Å². The second-order valence-corrected chi connectivity index (χ2v) is 9.47. The third-order valence-corrected chi connectivity index (χ3v) is 7.62. The highest BCUT2D eigenvalue weighted by Gasteiger charge is 2.35. The Morgan fingerprint density at radius 2 is 2.04 bits per heavy atom. The van der Waals surface area contributed by atoms with Gasteiger partial charge in [-0.3, -0.25) is 4.48 Å². The van der Waals surface area contributed by atoms with Crippen molar-refractivity contribution in [2.45, 2.75) is 14.7 Å². The molecule has 0 amide bonds. The summed E-state index contributed by atoms with van der Waals surface area (Å²) in [5.41, 5.74) is 1.06. The normalized spacial score (nSPS) is 19.1. The summed E-state index contributed by atoms with van der Waals surface area (Å²) in [4.78, 5) is 6.02. The van der Waals surface area contributed by atoms with E-state index in [2.05, 4.69) is 66.1 Å². The molecular weight excluding hydrogens is 370 g/mol. The van der Waals surface area contributed by atoms with Crippen LogP contribution in [0.3, 0.4) is 0 Å². The van der Waals surface area contributed by atoms with Gasteiger partial charge in [-0.05, 0) is 47.3 Å². The molecule has 8 heteroatoms. The highest BCUT2D eigenvalue weighted by molar-refractivity contribution is 8.06. The van der Waals surface area contributed by atoms with Crippen LogP contribution in [0, 0.1) is 0 Å². The number of hydrogen-bond donors (Lipinski definition) is 0. The highest BCUT2D eigenvalue weighted by Crippen LogP contribution is 2.43. The third kappa shape index (κ3) is 3.62. The van der Waals surface area contributed by atoms with Crippen LogP contribution in [-0.2, 0) is 0 Å². The van der Waals surface area contributed by atoms with Crippen molar-refractivity contribution in [1.29, 1.82) is 0 Å². The second-order valence-electron chi connectivity index (χ2n) is 6.02. The summed E-state index contributed by atoms with van der Waals surface area (Å²) in [5.74, 6) is 0. The molecule has 1 unspecified atom stereocenters. The first kappa shape index (κ1) is 16.7. The Kier molecular flexibility index (Phi) is 4.60. The topological polar surface area (TPSA) is 51.6 Å². The number of aromatic nitrogens is 4. The van der Waals surface area contributed by atoms with Crippen LogP contribution in [0.4, 0.5) is 0 Å². The maximum Gasteiger partial charge on any atom is 0.178 e. The summed E-state index contributed by atoms with van der Waals surface area (Å²) >= 11 is 5.18. The Morgan fingerprint density at radius 3 is 2.84 bits per heavy atom. The minimum atomic E-state index is 0.213. The molecule has 4 rings (SSSR count). The van der Waals surface area contributed by atoms with Crippen LogP contribution in [0.15, 0.2) is 69.2 Å². The number of para-hydroxylation sites is 1. The van der Waals surface area contributed by atoms with Crippen molar-refractivity contribution in [3.05, 3.63) is 59.8 Å². The summed E-state index contributed by atoms with van der Waals surface area (Å²) in [6, 6.07) is 10.2. The Bertz CT molecular complexity index is 916. The number of thioether (sulfide) groups is 2. The van der Waals surface area contributed by atoms with Gasteiger partial charge < -0.3 is 0 Å². The maximum atomic E-state index is 4.79. The van der Waals surface area contributed by atoms with E-state index in [0.29, 0.717) is 0 Å². The molecule has 0 bridgehead atoms. The van der Waals surface area contributed by atoms with Crippen molar-refractivity contribution in [3.8, 4) is 0 Å². The van der Waals surface area contributed by atoms with Gasteiger partial charge in [-0.2, -0.15) is 0 Å². The number of fused-ring (bicyclic) bond motifs is 1. The van der Waals surface area contributed by atoms with Gasteiger partial charge in [-0.15, -0.1) is 21.5 Å². The lowest BCUT2D eigenvalue weighted by Gasteiger charge is -2.36. The first-order chi connectivity index (χ1) is 12.1. The van der Waals surface area contributed by atoms with E-state index in [1.165, 1.54) is 9.61 Å². The molecule has 2 aromatic heterocycles. The standard InChI is InChI=1S/C17H16N5S3/c1-22(2)11-5-8-14(23-15-9-10-18-21-20-15)16(22)25-17-19-12-6-3-4-7-13(12)24-17/h3-11,16H,1-2H3/q+1. The molecule has 0 aliphatic carbocycles. The van der Waals surface area contributed by atoms with E-state index < -0.39 is 0 Å². The van der Waals surface area contributed by atoms with Gasteiger partial charge in [0.25, 0.3) is 0 Å². The number of likely N-dealkylation sites (N-methyl/N-ethyl adjacent to an activating group) is 1. The molecule has 3 aromatic rings.